The zero-order chi connectivity index (χ0) is 17.5. The van der Waals surface area contributed by atoms with Gasteiger partial charge in [-0.2, -0.15) is 0 Å². The fourth-order valence-electron chi connectivity index (χ4n) is 2.57. The van der Waals surface area contributed by atoms with Gasteiger partial charge in [-0.25, -0.2) is 0 Å². The van der Waals surface area contributed by atoms with Crippen LogP contribution in [0.1, 0.15) is 29.1 Å². The van der Waals surface area contributed by atoms with Gasteiger partial charge in [-0.1, -0.05) is 31.2 Å². The first-order chi connectivity index (χ1) is 12.2. The van der Waals surface area contributed by atoms with Gasteiger partial charge in [-0.05, 0) is 59.7 Å². The second kappa shape index (κ2) is 9.20. The minimum Gasteiger partial charge on any atom is -0.484 e. The molecule has 0 bridgehead atoms. The zero-order valence-electron chi connectivity index (χ0n) is 14.4. The summed E-state index contributed by atoms with van der Waals surface area (Å²) in [6.07, 6.45) is 2.29. The van der Waals surface area contributed by atoms with E-state index < -0.39 is 0 Å². The Balaban J connectivity index is 1.47. The summed E-state index contributed by atoms with van der Waals surface area (Å²) in [6.45, 7) is 2.13. The number of carbonyl (C=O) groups excluding carboxylic acids is 1. The number of amides is 1. The van der Waals surface area contributed by atoms with Crippen molar-refractivity contribution >= 4 is 35.1 Å². The van der Waals surface area contributed by atoms with Crippen molar-refractivity contribution in [3.63, 3.8) is 0 Å². The van der Waals surface area contributed by atoms with E-state index in [4.69, 9.17) is 4.74 Å². The third-order valence-electron chi connectivity index (χ3n) is 4.00. The Hall–Kier alpha value is -1.59. The molecule has 1 heterocycles. The zero-order valence-corrected chi connectivity index (χ0v) is 16.0. The van der Waals surface area contributed by atoms with Crippen LogP contribution in [-0.2, 0) is 11.2 Å². The van der Waals surface area contributed by atoms with Crippen LogP contribution in [-0.4, -0.2) is 24.0 Å². The molecule has 2 aromatic rings. The molecule has 25 heavy (non-hydrogen) atoms. The summed E-state index contributed by atoms with van der Waals surface area (Å²) in [4.78, 5) is 12.0. The molecule has 5 heteroatoms. The smallest absolute Gasteiger partial charge is 0.262 e. The molecule has 1 amide bonds. The molecule has 1 saturated heterocycles. The first-order valence-corrected chi connectivity index (χ1v) is 10.7. The average molecular weight is 374 g/mol. The highest BCUT2D eigenvalue weighted by molar-refractivity contribution is 8.16. The van der Waals surface area contributed by atoms with Crippen LogP contribution < -0.4 is 10.1 Å². The molecule has 132 valence electrons. The van der Waals surface area contributed by atoms with E-state index in [1.54, 1.807) is 0 Å². The Kier molecular flexibility index (Phi) is 6.70. The number of hydrogen-bond donors (Lipinski definition) is 1. The second-order valence-electron chi connectivity index (χ2n) is 5.88. The van der Waals surface area contributed by atoms with Gasteiger partial charge in [0.25, 0.3) is 5.91 Å². The molecular weight excluding hydrogens is 350 g/mol. The normalized spacial score (nSPS) is 14.9. The molecule has 0 saturated carbocycles. The number of nitrogens with one attached hydrogen (secondary N) is 1. The number of rotatable bonds is 6. The summed E-state index contributed by atoms with van der Waals surface area (Å²) in [6, 6.07) is 16.0. The van der Waals surface area contributed by atoms with Crippen LogP contribution in [0.15, 0.2) is 48.5 Å². The van der Waals surface area contributed by atoms with Crippen molar-refractivity contribution in [2.45, 2.75) is 24.3 Å². The molecule has 0 spiro atoms. The molecule has 0 atom stereocenters. The Morgan fingerprint density at radius 2 is 1.76 bits per heavy atom. The maximum absolute atomic E-state index is 12.0. The molecular formula is C20H23NO2S2. The molecule has 0 aliphatic carbocycles. The maximum atomic E-state index is 12.0. The lowest BCUT2D eigenvalue weighted by atomic mass is 10.1. The predicted molar refractivity (Wildman–Crippen MR) is 109 cm³/mol. The van der Waals surface area contributed by atoms with Crippen molar-refractivity contribution in [1.29, 1.82) is 0 Å². The van der Waals surface area contributed by atoms with Gasteiger partial charge in [0.05, 0.1) is 4.58 Å². The van der Waals surface area contributed by atoms with E-state index in [1.807, 2.05) is 59.9 Å². The fraction of sp³-hybridized carbons (Fsp3) is 0.350. The molecule has 0 radical (unpaired) electrons. The number of anilines is 1. The number of hydrogen-bond acceptors (Lipinski definition) is 4. The summed E-state index contributed by atoms with van der Waals surface area (Å²) in [5.74, 6) is 3.04. The van der Waals surface area contributed by atoms with Crippen LogP contribution >= 0.6 is 23.5 Å². The van der Waals surface area contributed by atoms with Crippen LogP contribution in [0.4, 0.5) is 5.69 Å². The summed E-state index contributed by atoms with van der Waals surface area (Å²) in [7, 11) is 0. The van der Waals surface area contributed by atoms with Crippen LogP contribution in [0, 0.1) is 0 Å². The van der Waals surface area contributed by atoms with Crippen molar-refractivity contribution in [1.82, 2.24) is 0 Å². The van der Waals surface area contributed by atoms with Crippen molar-refractivity contribution in [2.24, 2.45) is 0 Å². The minimum absolute atomic E-state index is 0.0157. The predicted octanol–water partition coefficient (Wildman–Crippen LogP) is 5.14. The van der Waals surface area contributed by atoms with Crippen molar-refractivity contribution in [2.75, 3.05) is 23.4 Å². The first-order valence-electron chi connectivity index (χ1n) is 8.59. The molecule has 0 aromatic heterocycles. The molecule has 1 fully saturated rings. The van der Waals surface area contributed by atoms with Gasteiger partial charge in [0.2, 0.25) is 0 Å². The summed E-state index contributed by atoms with van der Waals surface area (Å²) < 4.78 is 6.13. The Morgan fingerprint density at radius 3 is 2.40 bits per heavy atom. The molecule has 0 unspecified atom stereocenters. The summed E-state index contributed by atoms with van der Waals surface area (Å²) >= 11 is 4.00. The highest BCUT2D eigenvalue weighted by Gasteiger charge is 2.16. The lowest BCUT2D eigenvalue weighted by molar-refractivity contribution is -0.118. The highest BCUT2D eigenvalue weighted by atomic mass is 32.2. The first kappa shape index (κ1) is 18.2. The van der Waals surface area contributed by atoms with Crippen LogP contribution in [0.3, 0.4) is 0 Å². The third-order valence-corrected chi connectivity index (χ3v) is 7.01. The topological polar surface area (TPSA) is 38.3 Å². The number of aryl methyl sites for hydroxylation is 1. The highest BCUT2D eigenvalue weighted by Crippen LogP contribution is 2.43. The lowest BCUT2D eigenvalue weighted by Crippen LogP contribution is -2.20. The van der Waals surface area contributed by atoms with E-state index in [-0.39, 0.29) is 12.5 Å². The molecule has 1 N–H and O–H groups in total. The fourth-order valence-corrected chi connectivity index (χ4v) is 5.47. The van der Waals surface area contributed by atoms with Crippen LogP contribution in [0.25, 0.3) is 0 Å². The van der Waals surface area contributed by atoms with E-state index in [1.165, 1.54) is 29.1 Å². The van der Waals surface area contributed by atoms with Gasteiger partial charge >= 0.3 is 0 Å². The Morgan fingerprint density at radius 1 is 1.08 bits per heavy atom. The van der Waals surface area contributed by atoms with Gasteiger partial charge in [-0.15, -0.1) is 23.5 Å². The van der Waals surface area contributed by atoms with Gasteiger partial charge in [0.15, 0.2) is 6.61 Å². The van der Waals surface area contributed by atoms with Gasteiger partial charge in [0.1, 0.15) is 5.75 Å². The number of thioether (sulfide) groups is 2. The monoisotopic (exact) mass is 373 g/mol. The van der Waals surface area contributed by atoms with Crippen molar-refractivity contribution < 1.29 is 9.53 Å². The number of carbonyl (C=O) groups is 1. The van der Waals surface area contributed by atoms with Crippen molar-refractivity contribution in [3.05, 3.63) is 59.7 Å². The summed E-state index contributed by atoms with van der Waals surface area (Å²) in [5.41, 5.74) is 3.37. The third kappa shape index (κ3) is 5.44. The van der Waals surface area contributed by atoms with Gasteiger partial charge < -0.3 is 10.1 Å². The lowest BCUT2D eigenvalue weighted by Gasteiger charge is -2.21. The van der Waals surface area contributed by atoms with E-state index in [2.05, 4.69) is 24.4 Å². The van der Waals surface area contributed by atoms with E-state index in [9.17, 15) is 4.79 Å². The van der Waals surface area contributed by atoms with Gasteiger partial charge in [-0.3, -0.25) is 4.79 Å². The number of ether oxygens (including phenoxy) is 1. The van der Waals surface area contributed by atoms with Crippen molar-refractivity contribution in [3.8, 4) is 5.75 Å². The largest absolute Gasteiger partial charge is 0.484 e. The second-order valence-corrected chi connectivity index (χ2v) is 8.61. The molecule has 1 aliphatic rings. The quantitative estimate of drug-likeness (QED) is 0.761. The average Bonchev–Trinajstić information content (AvgIpc) is 2.68. The standard InChI is InChI=1S/C20H23NO2S2/c1-2-15-4-8-17(9-5-15)21-19(22)14-23-18-10-6-16(7-11-18)20-24-12-3-13-25-20/h4-11,20H,2-3,12-14H2,1H3,(H,21,22). The molecule has 1 aliphatic heterocycles. The summed E-state index contributed by atoms with van der Waals surface area (Å²) in [5, 5.41) is 2.86. The van der Waals surface area contributed by atoms with E-state index in [0.29, 0.717) is 4.58 Å². The van der Waals surface area contributed by atoms with E-state index >= 15 is 0 Å². The molecule has 3 rings (SSSR count). The molecule has 3 nitrogen and oxygen atoms in total. The van der Waals surface area contributed by atoms with Gasteiger partial charge in [0, 0.05) is 5.69 Å². The van der Waals surface area contributed by atoms with Crippen LogP contribution in [0.5, 0.6) is 5.75 Å². The van der Waals surface area contributed by atoms with E-state index in [0.717, 1.165) is 17.9 Å². The van der Waals surface area contributed by atoms with Crippen LogP contribution in [0.2, 0.25) is 0 Å². The SMILES string of the molecule is CCc1ccc(NC(=O)COc2ccc(C3SCCCS3)cc2)cc1. The Bertz CT molecular complexity index is 680. The minimum atomic E-state index is -0.147. The number of benzene rings is 2. The Labute approximate surface area is 157 Å². The molecule has 2 aromatic carbocycles. The maximum Gasteiger partial charge on any atom is 0.262 e.